The standard InChI is InChI=1S/C12H15N5O4S/c1-9(2)6-16-7-12(14-8-16)22(20,21)15-10-3-4-13-5-11(10)17(18)19/h3-5,7-9H,6H2,1-2H3,(H,13,15). The number of nitrogens with zero attached hydrogens (tertiary/aromatic N) is 4. The Balaban J connectivity index is 2.28. The highest BCUT2D eigenvalue weighted by atomic mass is 32.2. The number of aromatic nitrogens is 3. The first-order valence-electron chi connectivity index (χ1n) is 6.42. The van der Waals surface area contributed by atoms with Crippen LogP contribution in [0, 0.1) is 16.0 Å². The van der Waals surface area contributed by atoms with Crippen molar-refractivity contribution in [2.75, 3.05) is 4.72 Å². The fraction of sp³-hybridized carbons (Fsp3) is 0.333. The second-order valence-electron chi connectivity index (χ2n) is 5.06. The molecule has 2 rings (SSSR count). The van der Waals surface area contributed by atoms with Crippen molar-refractivity contribution in [2.24, 2.45) is 5.92 Å². The van der Waals surface area contributed by atoms with E-state index in [9.17, 15) is 18.5 Å². The van der Waals surface area contributed by atoms with Crippen molar-refractivity contribution >= 4 is 21.4 Å². The molecule has 2 aromatic rings. The van der Waals surface area contributed by atoms with Crippen LogP contribution in [0.5, 0.6) is 0 Å². The Labute approximate surface area is 127 Å². The summed E-state index contributed by atoms with van der Waals surface area (Å²) in [7, 11) is -4.00. The fourth-order valence-corrected chi connectivity index (χ4v) is 2.84. The molecule has 22 heavy (non-hydrogen) atoms. The second kappa shape index (κ2) is 6.10. The van der Waals surface area contributed by atoms with Crippen molar-refractivity contribution in [3.63, 3.8) is 0 Å². The molecule has 0 aromatic carbocycles. The molecule has 2 aromatic heterocycles. The largest absolute Gasteiger partial charge is 0.336 e. The van der Waals surface area contributed by atoms with Gasteiger partial charge in [0.2, 0.25) is 0 Å². The van der Waals surface area contributed by atoms with E-state index >= 15 is 0 Å². The fourth-order valence-electron chi connectivity index (χ4n) is 1.81. The lowest BCUT2D eigenvalue weighted by atomic mass is 10.2. The van der Waals surface area contributed by atoms with Gasteiger partial charge in [-0.2, -0.15) is 8.42 Å². The molecule has 10 heteroatoms. The van der Waals surface area contributed by atoms with E-state index in [0.717, 1.165) is 6.20 Å². The molecule has 0 amide bonds. The van der Waals surface area contributed by atoms with Gasteiger partial charge in [-0.25, -0.2) is 4.98 Å². The minimum atomic E-state index is -4.00. The minimum absolute atomic E-state index is 0.154. The van der Waals surface area contributed by atoms with Crippen LogP contribution < -0.4 is 4.72 Å². The van der Waals surface area contributed by atoms with Crippen LogP contribution in [0.1, 0.15) is 13.8 Å². The third kappa shape index (κ3) is 3.58. The summed E-state index contributed by atoms with van der Waals surface area (Å²) in [5.41, 5.74) is -0.578. The maximum Gasteiger partial charge on any atom is 0.311 e. The van der Waals surface area contributed by atoms with Crippen LogP contribution in [0.2, 0.25) is 0 Å². The molecule has 0 atom stereocenters. The van der Waals surface area contributed by atoms with Crippen LogP contribution >= 0.6 is 0 Å². The summed E-state index contributed by atoms with van der Waals surface area (Å²) < 4.78 is 28.3. The smallest absolute Gasteiger partial charge is 0.311 e. The third-order valence-electron chi connectivity index (χ3n) is 2.70. The van der Waals surface area contributed by atoms with Gasteiger partial charge in [0.05, 0.1) is 11.3 Å². The predicted octanol–water partition coefficient (Wildman–Crippen LogP) is 1.64. The van der Waals surface area contributed by atoms with Gasteiger partial charge in [0.25, 0.3) is 10.0 Å². The molecule has 0 bridgehead atoms. The molecule has 0 aliphatic carbocycles. The van der Waals surface area contributed by atoms with Crippen molar-refractivity contribution in [2.45, 2.75) is 25.4 Å². The quantitative estimate of drug-likeness (QED) is 0.637. The number of pyridine rings is 1. The summed E-state index contributed by atoms with van der Waals surface area (Å²) >= 11 is 0. The highest BCUT2D eigenvalue weighted by Crippen LogP contribution is 2.24. The van der Waals surface area contributed by atoms with Gasteiger partial charge < -0.3 is 4.57 Å². The first kappa shape index (κ1) is 15.9. The molecular weight excluding hydrogens is 310 g/mol. The topological polar surface area (TPSA) is 120 Å². The lowest BCUT2D eigenvalue weighted by Gasteiger charge is -2.06. The second-order valence-corrected chi connectivity index (χ2v) is 6.69. The van der Waals surface area contributed by atoms with Gasteiger partial charge in [-0.05, 0) is 12.0 Å². The molecule has 0 radical (unpaired) electrons. The van der Waals surface area contributed by atoms with Crippen LogP contribution in [0.4, 0.5) is 11.4 Å². The maximum absolute atomic E-state index is 12.2. The van der Waals surface area contributed by atoms with Crippen molar-refractivity contribution in [3.05, 3.63) is 41.1 Å². The summed E-state index contributed by atoms with van der Waals surface area (Å²) in [5.74, 6) is 0.332. The Kier molecular flexibility index (Phi) is 4.40. The van der Waals surface area contributed by atoms with Gasteiger partial charge in [-0.1, -0.05) is 13.8 Å². The first-order valence-corrected chi connectivity index (χ1v) is 7.91. The average Bonchev–Trinajstić information content (AvgIpc) is 2.87. The minimum Gasteiger partial charge on any atom is -0.336 e. The predicted molar refractivity (Wildman–Crippen MR) is 78.8 cm³/mol. The molecule has 0 aliphatic rings. The maximum atomic E-state index is 12.2. The highest BCUT2D eigenvalue weighted by molar-refractivity contribution is 7.92. The molecule has 0 fully saturated rings. The zero-order valence-electron chi connectivity index (χ0n) is 12.0. The van der Waals surface area contributed by atoms with Crippen LogP contribution in [0.15, 0.2) is 36.0 Å². The summed E-state index contributed by atoms with van der Waals surface area (Å²) in [4.78, 5) is 17.6. The number of imidazole rings is 1. The van der Waals surface area contributed by atoms with E-state index in [1.807, 2.05) is 13.8 Å². The van der Waals surface area contributed by atoms with E-state index in [-0.39, 0.29) is 10.7 Å². The van der Waals surface area contributed by atoms with Crippen LogP contribution in [0.25, 0.3) is 0 Å². The molecule has 9 nitrogen and oxygen atoms in total. The molecule has 0 spiro atoms. The van der Waals surface area contributed by atoms with Gasteiger partial charge in [0, 0.05) is 18.9 Å². The van der Waals surface area contributed by atoms with E-state index in [4.69, 9.17) is 0 Å². The van der Waals surface area contributed by atoms with E-state index in [2.05, 4.69) is 14.7 Å². The van der Waals surface area contributed by atoms with Crippen molar-refractivity contribution < 1.29 is 13.3 Å². The monoisotopic (exact) mass is 325 g/mol. The number of hydrogen-bond acceptors (Lipinski definition) is 6. The number of nitro groups is 1. The Hall–Kier alpha value is -2.49. The van der Waals surface area contributed by atoms with Gasteiger partial charge in [0.15, 0.2) is 5.03 Å². The van der Waals surface area contributed by atoms with Crippen LogP contribution in [-0.4, -0.2) is 27.9 Å². The number of anilines is 1. The molecule has 0 unspecified atom stereocenters. The zero-order chi connectivity index (χ0) is 16.3. The van der Waals surface area contributed by atoms with Crippen LogP contribution in [0.3, 0.4) is 0 Å². The third-order valence-corrected chi connectivity index (χ3v) is 3.95. The number of hydrogen-bond donors (Lipinski definition) is 1. The summed E-state index contributed by atoms with van der Waals surface area (Å²) in [5, 5.41) is 10.7. The Morgan fingerprint density at radius 2 is 2.18 bits per heavy atom. The zero-order valence-corrected chi connectivity index (χ0v) is 12.8. The average molecular weight is 325 g/mol. The summed E-state index contributed by atoms with van der Waals surface area (Å²) in [6.07, 6.45) is 5.04. The molecule has 2 heterocycles. The van der Waals surface area contributed by atoms with E-state index in [0.29, 0.717) is 12.5 Å². The van der Waals surface area contributed by atoms with Gasteiger partial charge in [-0.3, -0.25) is 19.8 Å². The molecule has 118 valence electrons. The van der Waals surface area contributed by atoms with Crippen molar-refractivity contribution in [1.82, 2.24) is 14.5 Å². The van der Waals surface area contributed by atoms with Crippen LogP contribution in [-0.2, 0) is 16.6 Å². The SMILES string of the molecule is CC(C)Cn1cnc(S(=O)(=O)Nc2ccncc2[N+](=O)[O-])c1. The normalized spacial score (nSPS) is 11.6. The Morgan fingerprint density at radius 3 is 2.82 bits per heavy atom. The van der Waals surface area contributed by atoms with Crippen molar-refractivity contribution in [3.8, 4) is 0 Å². The lowest BCUT2D eigenvalue weighted by Crippen LogP contribution is -2.14. The van der Waals surface area contributed by atoms with Gasteiger partial charge >= 0.3 is 5.69 Å². The van der Waals surface area contributed by atoms with E-state index < -0.39 is 20.6 Å². The summed E-state index contributed by atoms with van der Waals surface area (Å²) in [6, 6.07) is 1.22. The lowest BCUT2D eigenvalue weighted by molar-refractivity contribution is -0.384. The number of nitrogens with one attached hydrogen (secondary N) is 1. The highest BCUT2D eigenvalue weighted by Gasteiger charge is 2.22. The Morgan fingerprint density at radius 1 is 1.45 bits per heavy atom. The van der Waals surface area contributed by atoms with Gasteiger partial charge in [-0.15, -0.1) is 0 Å². The molecule has 1 N–H and O–H groups in total. The first-order chi connectivity index (χ1) is 10.3. The Bertz CT molecular complexity index is 784. The van der Waals surface area contributed by atoms with Gasteiger partial charge in [0.1, 0.15) is 11.9 Å². The molecule has 0 aliphatic heterocycles. The molecule has 0 saturated heterocycles. The van der Waals surface area contributed by atoms with E-state index in [1.165, 1.54) is 24.8 Å². The number of sulfonamides is 1. The van der Waals surface area contributed by atoms with E-state index in [1.54, 1.807) is 4.57 Å². The molecule has 0 saturated carbocycles. The van der Waals surface area contributed by atoms with Crippen molar-refractivity contribution in [1.29, 1.82) is 0 Å². The molecular formula is C12H15N5O4S. The number of rotatable bonds is 6. The summed E-state index contributed by atoms with van der Waals surface area (Å²) in [6.45, 7) is 4.61.